The standard InChI is InChI=1S/C27H27N5O4/c1-15(24(28)33)29-26(34)21-11-7-16-13-17(8-10-20(16)30-21)25-31-22-14-18(27(35)36)9-12-23(22)32(25)19-5-3-2-4-6-19/h7-15,19H,2-6H2,1H3,(H2,28,33)(H,29,34)(H,35,36). The van der Waals surface area contributed by atoms with E-state index in [1.807, 2.05) is 30.3 Å². The summed E-state index contributed by atoms with van der Waals surface area (Å²) in [5, 5.41) is 12.8. The molecule has 2 aromatic carbocycles. The van der Waals surface area contributed by atoms with Crippen LogP contribution in [-0.4, -0.2) is 43.5 Å². The Morgan fingerprint density at radius 2 is 1.78 bits per heavy atom. The second kappa shape index (κ2) is 9.41. The van der Waals surface area contributed by atoms with Gasteiger partial charge < -0.3 is 20.7 Å². The van der Waals surface area contributed by atoms with Crippen LogP contribution in [0, 0.1) is 0 Å². The van der Waals surface area contributed by atoms with Gasteiger partial charge in [0.05, 0.1) is 22.1 Å². The maximum Gasteiger partial charge on any atom is 0.335 e. The molecule has 1 unspecified atom stereocenters. The summed E-state index contributed by atoms with van der Waals surface area (Å²) >= 11 is 0. The average Bonchev–Trinajstić information content (AvgIpc) is 3.27. The van der Waals surface area contributed by atoms with Crippen LogP contribution >= 0.6 is 0 Å². The van der Waals surface area contributed by atoms with Crippen molar-refractivity contribution in [3.8, 4) is 11.4 Å². The molecule has 0 saturated heterocycles. The molecule has 4 aromatic rings. The van der Waals surface area contributed by atoms with Gasteiger partial charge in [0.2, 0.25) is 5.91 Å². The lowest BCUT2D eigenvalue weighted by atomic mass is 9.94. The smallest absolute Gasteiger partial charge is 0.335 e. The molecular formula is C27H27N5O4. The second-order valence-electron chi connectivity index (χ2n) is 9.31. The van der Waals surface area contributed by atoms with Crippen molar-refractivity contribution in [3.63, 3.8) is 0 Å². The second-order valence-corrected chi connectivity index (χ2v) is 9.31. The number of amides is 2. The average molecular weight is 486 g/mol. The van der Waals surface area contributed by atoms with Gasteiger partial charge >= 0.3 is 5.97 Å². The zero-order valence-corrected chi connectivity index (χ0v) is 19.9. The number of benzene rings is 2. The SMILES string of the molecule is CC(NC(=O)c1ccc2cc(-c3nc4cc(C(=O)O)ccc4n3C3CCCCC3)ccc2n1)C(N)=O. The van der Waals surface area contributed by atoms with Gasteiger partial charge in [-0.3, -0.25) is 9.59 Å². The maximum absolute atomic E-state index is 12.4. The number of hydrogen-bond acceptors (Lipinski definition) is 5. The summed E-state index contributed by atoms with van der Waals surface area (Å²) in [7, 11) is 0. The Bertz CT molecular complexity index is 1500. The number of rotatable bonds is 6. The summed E-state index contributed by atoms with van der Waals surface area (Å²) in [6.45, 7) is 1.52. The molecule has 9 nitrogen and oxygen atoms in total. The van der Waals surface area contributed by atoms with Gasteiger partial charge in [-0.2, -0.15) is 0 Å². The zero-order chi connectivity index (χ0) is 25.4. The number of pyridine rings is 1. The fourth-order valence-electron chi connectivity index (χ4n) is 4.88. The van der Waals surface area contributed by atoms with Crippen LogP contribution in [0.3, 0.4) is 0 Å². The highest BCUT2D eigenvalue weighted by atomic mass is 16.4. The quantitative estimate of drug-likeness (QED) is 0.376. The first-order valence-corrected chi connectivity index (χ1v) is 12.1. The van der Waals surface area contributed by atoms with Crippen molar-refractivity contribution < 1.29 is 19.5 Å². The van der Waals surface area contributed by atoms with Gasteiger partial charge in [-0.25, -0.2) is 14.8 Å². The molecule has 1 aliphatic rings. The molecule has 1 fully saturated rings. The third kappa shape index (κ3) is 4.39. The van der Waals surface area contributed by atoms with E-state index in [4.69, 9.17) is 10.7 Å². The molecule has 184 valence electrons. The van der Waals surface area contributed by atoms with Gasteiger partial charge in [0.1, 0.15) is 17.6 Å². The molecule has 0 spiro atoms. The molecular weight excluding hydrogens is 458 g/mol. The van der Waals surface area contributed by atoms with Crippen molar-refractivity contribution in [3.05, 3.63) is 59.8 Å². The normalized spacial score (nSPS) is 15.1. The van der Waals surface area contributed by atoms with Crippen LogP contribution < -0.4 is 11.1 Å². The lowest BCUT2D eigenvalue weighted by Crippen LogP contribution is -2.42. The van der Waals surface area contributed by atoms with Crippen LogP contribution in [0.5, 0.6) is 0 Å². The van der Waals surface area contributed by atoms with Crippen LogP contribution in [0.15, 0.2) is 48.5 Å². The Morgan fingerprint density at radius 1 is 1.00 bits per heavy atom. The number of nitrogens with zero attached hydrogens (tertiary/aromatic N) is 3. The van der Waals surface area contributed by atoms with Gasteiger partial charge in [0.15, 0.2) is 0 Å². The minimum Gasteiger partial charge on any atom is -0.478 e. The van der Waals surface area contributed by atoms with Crippen molar-refractivity contribution in [2.75, 3.05) is 0 Å². The number of carboxylic acid groups (broad SMARTS) is 1. The number of fused-ring (bicyclic) bond motifs is 2. The topological polar surface area (TPSA) is 140 Å². The molecule has 2 amide bonds. The molecule has 1 saturated carbocycles. The molecule has 0 radical (unpaired) electrons. The molecule has 1 atom stereocenters. The Kier molecular flexibility index (Phi) is 6.13. The lowest BCUT2D eigenvalue weighted by Gasteiger charge is -2.25. The summed E-state index contributed by atoms with van der Waals surface area (Å²) in [5.74, 6) is -1.28. The highest BCUT2D eigenvalue weighted by Crippen LogP contribution is 2.36. The van der Waals surface area contributed by atoms with Crippen molar-refractivity contribution >= 4 is 39.7 Å². The highest BCUT2D eigenvalue weighted by Gasteiger charge is 2.23. The largest absolute Gasteiger partial charge is 0.478 e. The van der Waals surface area contributed by atoms with E-state index in [-0.39, 0.29) is 11.3 Å². The van der Waals surface area contributed by atoms with E-state index < -0.39 is 23.8 Å². The van der Waals surface area contributed by atoms with E-state index in [0.717, 1.165) is 48.0 Å². The van der Waals surface area contributed by atoms with Crippen molar-refractivity contribution in [1.82, 2.24) is 19.9 Å². The van der Waals surface area contributed by atoms with E-state index in [1.165, 1.54) is 13.3 Å². The Balaban J connectivity index is 1.56. The van der Waals surface area contributed by atoms with Gasteiger partial charge in [0, 0.05) is 17.0 Å². The number of carboxylic acids is 1. The molecule has 0 bridgehead atoms. The number of hydrogen-bond donors (Lipinski definition) is 3. The molecule has 36 heavy (non-hydrogen) atoms. The van der Waals surface area contributed by atoms with Crippen LogP contribution in [-0.2, 0) is 4.79 Å². The zero-order valence-electron chi connectivity index (χ0n) is 19.9. The molecule has 1 aliphatic carbocycles. The Hall–Kier alpha value is -4.27. The summed E-state index contributed by atoms with van der Waals surface area (Å²) in [4.78, 5) is 44.6. The summed E-state index contributed by atoms with van der Waals surface area (Å²) in [5.41, 5.74) is 8.74. The predicted octanol–water partition coefficient (Wildman–Crippen LogP) is 4.06. The van der Waals surface area contributed by atoms with Gasteiger partial charge in [0.25, 0.3) is 5.91 Å². The number of carbonyl (C=O) groups is 3. The predicted molar refractivity (Wildman–Crippen MR) is 136 cm³/mol. The lowest BCUT2D eigenvalue weighted by molar-refractivity contribution is -0.119. The monoisotopic (exact) mass is 485 g/mol. The maximum atomic E-state index is 12.4. The molecule has 0 aliphatic heterocycles. The first kappa shape index (κ1) is 23.5. The fraction of sp³-hybridized carbons (Fsp3) is 0.296. The number of carbonyl (C=O) groups excluding carboxylic acids is 2. The van der Waals surface area contributed by atoms with E-state index in [1.54, 1.807) is 18.2 Å². The highest BCUT2D eigenvalue weighted by molar-refractivity contribution is 5.98. The number of aromatic nitrogens is 3. The number of nitrogens with one attached hydrogen (secondary N) is 1. The molecule has 5 rings (SSSR count). The van der Waals surface area contributed by atoms with Gasteiger partial charge in [-0.1, -0.05) is 25.3 Å². The molecule has 2 heterocycles. The number of primary amides is 1. The minimum atomic E-state index is -0.979. The summed E-state index contributed by atoms with van der Waals surface area (Å²) in [6.07, 6.45) is 5.63. The number of aromatic carboxylic acids is 1. The van der Waals surface area contributed by atoms with E-state index in [0.29, 0.717) is 17.1 Å². The van der Waals surface area contributed by atoms with Crippen molar-refractivity contribution in [2.24, 2.45) is 5.73 Å². The van der Waals surface area contributed by atoms with Gasteiger partial charge in [-0.15, -0.1) is 0 Å². The minimum absolute atomic E-state index is 0.194. The first-order chi connectivity index (χ1) is 17.3. The third-order valence-electron chi connectivity index (χ3n) is 6.83. The first-order valence-electron chi connectivity index (χ1n) is 12.1. The van der Waals surface area contributed by atoms with E-state index in [2.05, 4.69) is 14.9 Å². The van der Waals surface area contributed by atoms with E-state index >= 15 is 0 Å². The van der Waals surface area contributed by atoms with Crippen LogP contribution in [0.2, 0.25) is 0 Å². The number of nitrogens with two attached hydrogens (primary N) is 1. The van der Waals surface area contributed by atoms with Crippen LogP contribution in [0.1, 0.15) is 65.9 Å². The van der Waals surface area contributed by atoms with E-state index in [9.17, 15) is 19.5 Å². The molecule has 9 heteroatoms. The van der Waals surface area contributed by atoms with Crippen LogP contribution in [0.25, 0.3) is 33.3 Å². The third-order valence-corrected chi connectivity index (χ3v) is 6.83. The van der Waals surface area contributed by atoms with Crippen LogP contribution in [0.4, 0.5) is 0 Å². The van der Waals surface area contributed by atoms with Crippen molar-refractivity contribution in [2.45, 2.75) is 51.1 Å². The molecule has 4 N–H and O–H groups in total. The molecule has 2 aromatic heterocycles. The van der Waals surface area contributed by atoms with Crippen molar-refractivity contribution in [1.29, 1.82) is 0 Å². The number of imidazole rings is 1. The Morgan fingerprint density at radius 3 is 2.50 bits per heavy atom. The fourth-order valence-corrected chi connectivity index (χ4v) is 4.88. The van der Waals surface area contributed by atoms with Gasteiger partial charge in [-0.05, 0) is 62.2 Å². The summed E-state index contributed by atoms with van der Waals surface area (Å²) < 4.78 is 2.25. The Labute approximate surface area is 207 Å². The summed E-state index contributed by atoms with van der Waals surface area (Å²) in [6, 6.07) is 13.8.